The van der Waals surface area contributed by atoms with E-state index in [1.165, 1.54) is 4.88 Å². The fourth-order valence-corrected chi connectivity index (χ4v) is 2.67. The van der Waals surface area contributed by atoms with Gasteiger partial charge in [-0.15, -0.1) is 36.2 Å². The van der Waals surface area contributed by atoms with E-state index in [0.717, 1.165) is 11.4 Å². The molecule has 116 valence electrons. The van der Waals surface area contributed by atoms with Gasteiger partial charge >= 0.3 is 0 Å². The summed E-state index contributed by atoms with van der Waals surface area (Å²) in [6, 6.07) is 7.11. The quantitative estimate of drug-likeness (QED) is 0.862. The topological polar surface area (TPSA) is 59.2 Å². The fourth-order valence-electron chi connectivity index (χ4n) is 1.76. The van der Waals surface area contributed by atoms with Crippen molar-refractivity contribution in [2.24, 2.45) is 0 Å². The number of thiazole rings is 1. The van der Waals surface area contributed by atoms with Crippen molar-refractivity contribution < 1.29 is 4.79 Å². The Labute approximate surface area is 141 Å². The number of carbonyl (C=O) groups excluding carboxylic acids is 1. The minimum Gasteiger partial charge on any atom is -0.398 e. The van der Waals surface area contributed by atoms with E-state index in [1.54, 1.807) is 35.4 Å². The molecule has 1 heterocycles. The van der Waals surface area contributed by atoms with E-state index >= 15 is 0 Å². The van der Waals surface area contributed by atoms with Crippen molar-refractivity contribution in [2.45, 2.75) is 19.9 Å². The van der Waals surface area contributed by atoms with Gasteiger partial charge in [-0.05, 0) is 18.6 Å². The smallest absolute Gasteiger partial charge is 0.256 e. The molecule has 0 aliphatic carbocycles. The average molecular weight is 348 g/mol. The Morgan fingerprint density at radius 2 is 2.00 bits per heavy atom. The number of hydrogen-bond donors (Lipinski definition) is 1. The van der Waals surface area contributed by atoms with Crippen LogP contribution in [0.5, 0.6) is 0 Å². The van der Waals surface area contributed by atoms with Crippen molar-refractivity contribution in [2.75, 3.05) is 12.8 Å². The standard InChI is InChI=1S/C14H17N3OS.2ClH/c1-3-10-8-16-13(19-10)9-17(2)14(18)11-6-4-5-7-12(11)15;;/h4-8H,3,9,15H2,1-2H3;2*1H. The Morgan fingerprint density at radius 3 is 2.57 bits per heavy atom. The van der Waals surface area contributed by atoms with Gasteiger partial charge in [-0.1, -0.05) is 19.1 Å². The number of nitrogens with zero attached hydrogens (tertiary/aromatic N) is 2. The highest BCUT2D eigenvalue weighted by Crippen LogP contribution is 2.17. The lowest BCUT2D eigenvalue weighted by Gasteiger charge is -2.16. The molecule has 1 aromatic carbocycles. The lowest BCUT2D eigenvalue weighted by molar-refractivity contribution is 0.0786. The van der Waals surface area contributed by atoms with Crippen molar-refractivity contribution >= 4 is 47.7 Å². The monoisotopic (exact) mass is 347 g/mol. The summed E-state index contributed by atoms with van der Waals surface area (Å²) >= 11 is 1.64. The van der Waals surface area contributed by atoms with E-state index in [-0.39, 0.29) is 30.7 Å². The molecule has 2 rings (SSSR count). The van der Waals surface area contributed by atoms with Gasteiger partial charge in [-0.2, -0.15) is 0 Å². The second-order valence-corrected chi connectivity index (χ2v) is 5.52. The molecule has 2 N–H and O–H groups in total. The van der Waals surface area contributed by atoms with E-state index in [0.29, 0.717) is 17.8 Å². The molecule has 0 spiro atoms. The number of halogens is 2. The number of aryl methyl sites for hydroxylation is 1. The molecule has 2 aromatic rings. The van der Waals surface area contributed by atoms with Gasteiger partial charge in [-0.25, -0.2) is 4.98 Å². The summed E-state index contributed by atoms with van der Waals surface area (Å²) in [5.74, 6) is -0.0775. The number of carbonyl (C=O) groups is 1. The van der Waals surface area contributed by atoms with Crippen LogP contribution >= 0.6 is 36.2 Å². The van der Waals surface area contributed by atoms with Gasteiger partial charge in [0.15, 0.2) is 0 Å². The predicted molar refractivity (Wildman–Crippen MR) is 92.6 cm³/mol. The highest BCUT2D eigenvalue weighted by atomic mass is 35.5. The van der Waals surface area contributed by atoms with E-state index in [9.17, 15) is 4.79 Å². The van der Waals surface area contributed by atoms with Crippen molar-refractivity contribution in [3.63, 3.8) is 0 Å². The van der Waals surface area contributed by atoms with Crippen molar-refractivity contribution in [3.05, 3.63) is 45.9 Å². The Balaban J connectivity index is 0.00000200. The summed E-state index contributed by atoms with van der Waals surface area (Å²) in [6.07, 6.45) is 2.84. The molecule has 0 aliphatic heterocycles. The Bertz CT molecular complexity index is 589. The summed E-state index contributed by atoms with van der Waals surface area (Å²) in [5, 5.41) is 0.946. The summed E-state index contributed by atoms with van der Waals surface area (Å²) in [5.41, 5.74) is 6.86. The molecule has 0 bridgehead atoms. The van der Waals surface area contributed by atoms with Crippen LogP contribution in [0.25, 0.3) is 0 Å². The fraction of sp³-hybridized carbons (Fsp3) is 0.286. The third-order valence-corrected chi connectivity index (χ3v) is 3.99. The Hall–Kier alpha value is -1.30. The first-order valence-electron chi connectivity index (χ1n) is 6.15. The van der Waals surface area contributed by atoms with Crippen LogP contribution in [0.2, 0.25) is 0 Å². The van der Waals surface area contributed by atoms with Gasteiger partial charge in [0.2, 0.25) is 0 Å². The van der Waals surface area contributed by atoms with Gasteiger partial charge in [0, 0.05) is 23.8 Å². The van der Waals surface area contributed by atoms with Gasteiger partial charge in [0.1, 0.15) is 5.01 Å². The summed E-state index contributed by atoms with van der Waals surface area (Å²) in [4.78, 5) is 19.5. The molecule has 0 radical (unpaired) electrons. The van der Waals surface area contributed by atoms with Gasteiger partial charge < -0.3 is 10.6 Å². The molecule has 4 nitrogen and oxygen atoms in total. The number of rotatable bonds is 4. The zero-order chi connectivity index (χ0) is 13.8. The number of anilines is 1. The predicted octanol–water partition coefficient (Wildman–Crippen LogP) is 3.40. The minimum absolute atomic E-state index is 0. The maximum absolute atomic E-state index is 12.3. The SMILES string of the molecule is CCc1cnc(CN(C)C(=O)c2ccccc2N)s1.Cl.Cl. The van der Waals surface area contributed by atoms with Crippen LogP contribution in [0.4, 0.5) is 5.69 Å². The molecule has 0 saturated carbocycles. The number of amides is 1. The highest BCUT2D eigenvalue weighted by Gasteiger charge is 2.15. The van der Waals surface area contributed by atoms with Crippen LogP contribution < -0.4 is 5.73 Å². The Morgan fingerprint density at radius 1 is 1.33 bits per heavy atom. The second kappa shape index (κ2) is 8.87. The van der Waals surface area contributed by atoms with Crippen molar-refractivity contribution in [1.29, 1.82) is 0 Å². The number of nitrogen functional groups attached to an aromatic ring is 1. The molecule has 7 heteroatoms. The van der Waals surface area contributed by atoms with Crippen LogP contribution in [-0.2, 0) is 13.0 Å². The lowest BCUT2D eigenvalue weighted by Crippen LogP contribution is -2.26. The van der Waals surface area contributed by atoms with Crippen molar-refractivity contribution in [1.82, 2.24) is 9.88 Å². The number of aromatic nitrogens is 1. The molecule has 0 fully saturated rings. The first kappa shape index (κ1) is 19.7. The normalized spacial score (nSPS) is 9.43. The van der Waals surface area contributed by atoms with Crippen LogP contribution in [0.15, 0.2) is 30.5 Å². The van der Waals surface area contributed by atoms with Gasteiger partial charge in [-0.3, -0.25) is 4.79 Å². The molecular formula is C14H19Cl2N3OS. The number of hydrogen-bond acceptors (Lipinski definition) is 4. The zero-order valence-corrected chi connectivity index (χ0v) is 14.4. The summed E-state index contributed by atoms with van der Waals surface area (Å²) in [7, 11) is 1.77. The highest BCUT2D eigenvalue weighted by molar-refractivity contribution is 7.11. The number of nitrogens with two attached hydrogens (primary N) is 1. The maximum atomic E-state index is 12.3. The maximum Gasteiger partial charge on any atom is 0.256 e. The second-order valence-electron chi connectivity index (χ2n) is 4.32. The third kappa shape index (κ3) is 4.88. The van der Waals surface area contributed by atoms with E-state index in [4.69, 9.17) is 5.73 Å². The van der Waals surface area contributed by atoms with Gasteiger partial charge in [0.25, 0.3) is 5.91 Å². The van der Waals surface area contributed by atoms with E-state index < -0.39 is 0 Å². The van der Waals surface area contributed by atoms with Crippen molar-refractivity contribution in [3.8, 4) is 0 Å². The molecule has 0 unspecified atom stereocenters. The van der Waals surface area contributed by atoms with E-state index in [1.807, 2.05) is 18.3 Å². The molecule has 21 heavy (non-hydrogen) atoms. The average Bonchev–Trinajstić information content (AvgIpc) is 2.86. The van der Waals surface area contributed by atoms with Gasteiger partial charge in [0.05, 0.1) is 12.1 Å². The summed E-state index contributed by atoms with van der Waals surface area (Å²) in [6.45, 7) is 2.61. The van der Waals surface area contributed by atoms with E-state index in [2.05, 4.69) is 11.9 Å². The van der Waals surface area contributed by atoms with Crippen LogP contribution in [-0.4, -0.2) is 22.8 Å². The minimum atomic E-state index is -0.0775. The molecule has 1 amide bonds. The molecule has 0 saturated heterocycles. The Kier molecular flexibility index (Phi) is 8.32. The number of para-hydroxylation sites is 1. The zero-order valence-electron chi connectivity index (χ0n) is 11.9. The van der Waals surface area contributed by atoms with Crippen LogP contribution in [0, 0.1) is 0 Å². The van der Waals surface area contributed by atoms with Crippen LogP contribution in [0.1, 0.15) is 27.2 Å². The first-order valence-corrected chi connectivity index (χ1v) is 6.97. The van der Waals surface area contributed by atoms with Crippen LogP contribution in [0.3, 0.4) is 0 Å². The molecule has 0 atom stereocenters. The molecule has 1 aromatic heterocycles. The largest absolute Gasteiger partial charge is 0.398 e. The first-order chi connectivity index (χ1) is 9.11. The lowest BCUT2D eigenvalue weighted by atomic mass is 10.1. The third-order valence-electron chi connectivity index (χ3n) is 2.86. The summed E-state index contributed by atoms with van der Waals surface area (Å²) < 4.78 is 0. The number of benzene rings is 1. The molecular weight excluding hydrogens is 329 g/mol. The molecule has 0 aliphatic rings.